The lowest BCUT2D eigenvalue weighted by molar-refractivity contribution is -0.119. The number of rotatable bonds is 7. The SMILES string of the molecule is CC(=O)NCCC(O)c1cccc(OCC2CCCC2)c1. The number of amides is 1. The summed E-state index contributed by atoms with van der Waals surface area (Å²) < 4.78 is 5.84. The van der Waals surface area contributed by atoms with E-state index in [-0.39, 0.29) is 5.91 Å². The Morgan fingerprint density at radius 1 is 1.43 bits per heavy atom. The molecule has 1 aromatic rings. The van der Waals surface area contributed by atoms with Gasteiger partial charge in [-0.1, -0.05) is 25.0 Å². The van der Waals surface area contributed by atoms with Crippen LogP contribution >= 0.6 is 0 Å². The van der Waals surface area contributed by atoms with Crippen molar-refractivity contribution in [3.8, 4) is 5.75 Å². The van der Waals surface area contributed by atoms with Crippen LogP contribution in [0.4, 0.5) is 0 Å². The molecule has 0 aromatic heterocycles. The second-order valence-corrected chi connectivity index (χ2v) is 5.82. The van der Waals surface area contributed by atoms with Crippen molar-refractivity contribution in [3.05, 3.63) is 29.8 Å². The molecule has 1 unspecified atom stereocenters. The quantitative estimate of drug-likeness (QED) is 0.812. The van der Waals surface area contributed by atoms with E-state index >= 15 is 0 Å². The minimum absolute atomic E-state index is 0.0733. The molecule has 2 rings (SSSR count). The molecule has 1 amide bonds. The van der Waals surface area contributed by atoms with Crippen molar-refractivity contribution in [2.45, 2.75) is 45.1 Å². The monoisotopic (exact) mass is 291 g/mol. The standard InChI is InChI=1S/C17H25NO3/c1-13(19)18-10-9-17(20)15-7-4-8-16(11-15)21-12-14-5-2-3-6-14/h4,7-8,11,14,17,20H,2-3,5-6,9-10,12H2,1H3,(H,18,19). The van der Waals surface area contributed by atoms with Gasteiger partial charge in [-0.2, -0.15) is 0 Å². The highest BCUT2D eigenvalue weighted by atomic mass is 16.5. The zero-order valence-electron chi connectivity index (χ0n) is 12.7. The second kappa shape index (κ2) is 8.03. The summed E-state index contributed by atoms with van der Waals surface area (Å²) in [4.78, 5) is 10.8. The van der Waals surface area contributed by atoms with Crippen molar-refractivity contribution in [2.75, 3.05) is 13.2 Å². The fourth-order valence-corrected chi connectivity index (χ4v) is 2.75. The molecule has 0 saturated heterocycles. The number of nitrogens with one attached hydrogen (secondary N) is 1. The maximum atomic E-state index is 10.8. The summed E-state index contributed by atoms with van der Waals surface area (Å²) in [7, 11) is 0. The van der Waals surface area contributed by atoms with E-state index in [1.807, 2.05) is 24.3 Å². The lowest BCUT2D eigenvalue weighted by Gasteiger charge is -2.15. The summed E-state index contributed by atoms with van der Waals surface area (Å²) in [5, 5.41) is 12.8. The molecule has 1 saturated carbocycles. The van der Waals surface area contributed by atoms with Crippen LogP contribution < -0.4 is 10.1 Å². The van der Waals surface area contributed by atoms with Crippen LogP contribution in [0.3, 0.4) is 0 Å². The molecule has 1 aromatic carbocycles. The molecule has 0 radical (unpaired) electrons. The fraction of sp³-hybridized carbons (Fsp3) is 0.588. The molecule has 0 heterocycles. The van der Waals surface area contributed by atoms with Gasteiger partial charge in [-0.3, -0.25) is 4.79 Å². The number of aliphatic hydroxyl groups excluding tert-OH is 1. The van der Waals surface area contributed by atoms with Gasteiger partial charge in [0.2, 0.25) is 5.91 Å². The number of hydrogen-bond donors (Lipinski definition) is 2. The van der Waals surface area contributed by atoms with Crippen molar-refractivity contribution < 1.29 is 14.6 Å². The summed E-state index contributed by atoms with van der Waals surface area (Å²) in [6.07, 6.45) is 5.09. The Balaban J connectivity index is 1.82. The topological polar surface area (TPSA) is 58.6 Å². The predicted octanol–water partition coefficient (Wildman–Crippen LogP) is 2.82. The minimum Gasteiger partial charge on any atom is -0.493 e. The number of carbonyl (C=O) groups is 1. The molecular weight excluding hydrogens is 266 g/mol. The van der Waals surface area contributed by atoms with Crippen LogP contribution in [0.15, 0.2) is 24.3 Å². The van der Waals surface area contributed by atoms with Gasteiger partial charge in [0.15, 0.2) is 0 Å². The molecule has 1 aliphatic carbocycles. The first-order valence-corrected chi connectivity index (χ1v) is 7.80. The first-order valence-electron chi connectivity index (χ1n) is 7.80. The molecule has 116 valence electrons. The van der Waals surface area contributed by atoms with E-state index < -0.39 is 6.10 Å². The van der Waals surface area contributed by atoms with Gasteiger partial charge in [0.25, 0.3) is 0 Å². The number of ether oxygens (including phenoxy) is 1. The Hall–Kier alpha value is -1.55. The van der Waals surface area contributed by atoms with Crippen LogP contribution in [0, 0.1) is 5.92 Å². The van der Waals surface area contributed by atoms with Gasteiger partial charge in [0, 0.05) is 13.5 Å². The second-order valence-electron chi connectivity index (χ2n) is 5.82. The lowest BCUT2D eigenvalue weighted by Crippen LogP contribution is -2.22. The van der Waals surface area contributed by atoms with Crippen LogP contribution in [0.25, 0.3) is 0 Å². The summed E-state index contributed by atoms with van der Waals surface area (Å²) in [6, 6.07) is 7.62. The molecule has 1 fully saturated rings. The smallest absolute Gasteiger partial charge is 0.216 e. The first kappa shape index (κ1) is 15.8. The highest BCUT2D eigenvalue weighted by Gasteiger charge is 2.16. The van der Waals surface area contributed by atoms with Crippen molar-refractivity contribution in [1.82, 2.24) is 5.32 Å². The number of aliphatic hydroxyl groups is 1. The van der Waals surface area contributed by atoms with E-state index in [1.165, 1.54) is 32.6 Å². The van der Waals surface area contributed by atoms with Gasteiger partial charge in [0.05, 0.1) is 12.7 Å². The van der Waals surface area contributed by atoms with Crippen molar-refractivity contribution >= 4 is 5.91 Å². The normalized spacial score (nSPS) is 16.7. The highest BCUT2D eigenvalue weighted by Crippen LogP contribution is 2.26. The van der Waals surface area contributed by atoms with Crippen molar-refractivity contribution in [2.24, 2.45) is 5.92 Å². The van der Waals surface area contributed by atoms with Crippen LogP contribution in [0.1, 0.15) is 50.7 Å². The number of hydrogen-bond acceptors (Lipinski definition) is 3. The van der Waals surface area contributed by atoms with E-state index in [0.717, 1.165) is 17.9 Å². The van der Waals surface area contributed by atoms with Gasteiger partial charge in [0.1, 0.15) is 5.75 Å². The molecule has 2 N–H and O–H groups in total. The molecule has 21 heavy (non-hydrogen) atoms. The van der Waals surface area contributed by atoms with Gasteiger partial charge in [-0.25, -0.2) is 0 Å². The van der Waals surface area contributed by atoms with E-state index in [0.29, 0.717) is 18.9 Å². The molecule has 1 aliphatic rings. The third kappa shape index (κ3) is 5.38. The molecule has 0 bridgehead atoms. The molecular formula is C17H25NO3. The van der Waals surface area contributed by atoms with E-state index in [4.69, 9.17) is 4.74 Å². The number of carbonyl (C=O) groups excluding carboxylic acids is 1. The summed E-state index contributed by atoms with van der Waals surface area (Å²) in [5.74, 6) is 1.42. The predicted molar refractivity (Wildman–Crippen MR) is 82.2 cm³/mol. The largest absolute Gasteiger partial charge is 0.493 e. The van der Waals surface area contributed by atoms with Crippen LogP contribution in [0.2, 0.25) is 0 Å². The lowest BCUT2D eigenvalue weighted by atomic mass is 10.1. The summed E-state index contributed by atoms with van der Waals surface area (Å²) in [5.41, 5.74) is 0.837. The third-order valence-corrected chi connectivity index (χ3v) is 4.00. The average molecular weight is 291 g/mol. The van der Waals surface area contributed by atoms with Crippen LogP contribution in [-0.4, -0.2) is 24.2 Å². The Morgan fingerprint density at radius 2 is 2.19 bits per heavy atom. The first-order chi connectivity index (χ1) is 10.1. The number of benzene rings is 1. The van der Waals surface area contributed by atoms with Gasteiger partial charge >= 0.3 is 0 Å². The van der Waals surface area contributed by atoms with Gasteiger partial charge in [-0.05, 0) is 42.9 Å². The Bertz CT molecular complexity index is 455. The van der Waals surface area contributed by atoms with E-state index in [2.05, 4.69) is 5.32 Å². The highest BCUT2D eigenvalue weighted by molar-refractivity contribution is 5.72. The summed E-state index contributed by atoms with van der Waals surface area (Å²) >= 11 is 0. The summed E-state index contributed by atoms with van der Waals surface area (Å²) in [6.45, 7) is 2.72. The van der Waals surface area contributed by atoms with Gasteiger partial charge < -0.3 is 15.2 Å². The molecule has 4 heteroatoms. The molecule has 0 spiro atoms. The van der Waals surface area contributed by atoms with E-state index in [9.17, 15) is 9.90 Å². The van der Waals surface area contributed by atoms with Gasteiger partial charge in [-0.15, -0.1) is 0 Å². The Labute approximate surface area is 126 Å². The molecule has 0 aliphatic heterocycles. The fourth-order valence-electron chi connectivity index (χ4n) is 2.75. The average Bonchev–Trinajstić information content (AvgIpc) is 2.98. The van der Waals surface area contributed by atoms with Crippen molar-refractivity contribution in [1.29, 1.82) is 0 Å². The molecule has 1 atom stereocenters. The maximum absolute atomic E-state index is 10.8. The zero-order chi connectivity index (χ0) is 15.1. The maximum Gasteiger partial charge on any atom is 0.216 e. The van der Waals surface area contributed by atoms with E-state index in [1.54, 1.807) is 0 Å². The Kier molecular flexibility index (Phi) is 6.05. The van der Waals surface area contributed by atoms with Crippen molar-refractivity contribution in [3.63, 3.8) is 0 Å². The van der Waals surface area contributed by atoms with Crippen LogP contribution in [-0.2, 0) is 4.79 Å². The van der Waals surface area contributed by atoms with Crippen LogP contribution in [0.5, 0.6) is 5.75 Å². The zero-order valence-corrected chi connectivity index (χ0v) is 12.7. The molecule has 4 nitrogen and oxygen atoms in total. The third-order valence-electron chi connectivity index (χ3n) is 4.00. The Morgan fingerprint density at radius 3 is 2.90 bits per heavy atom. The minimum atomic E-state index is -0.577.